The van der Waals surface area contributed by atoms with E-state index in [9.17, 15) is 14.0 Å². The molecule has 0 fully saturated rings. The molecule has 10 nitrogen and oxygen atoms in total. The summed E-state index contributed by atoms with van der Waals surface area (Å²) < 4.78 is 16.2. The monoisotopic (exact) mass is 446 g/mol. The first-order valence-corrected chi connectivity index (χ1v) is 9.96. The fourth-order valence-electron chi connectivity index (χ4n) is 3.02. The highest BCUT2D eigenvalue weighted by molar-refractivity contribution is 6.08. The van der Waals surface area contributed by atoms with Gasteiger partial charge in [0.2, 0.25) is 0 Å². The van der Waals surface area contributed by atoms with Gasteiger partial charge in [0.1, 0.15) is 30.0 Å². The predicted molar refractivity (Wildman–Crippen MR) is 118 cm³/mol. The van der Waals surface area contributed by atoms with Crippen LogP contribution >= 0.6 is 0 Å². The summed E-state index contributed by atoms with van der Waals surface area (Å²) in [6.45, 7) is 3.96. The van der Waals surface area contributed by atoms with Crippen molar-refractivity contribution in [1.29, 1.82) is 0 Å². The third-order valence-corrected chi connectivity index (χ3v) is 4.64. The lowest BCUT2D eigenvalue weighted by molar-refractivity contribution is 0.102. The summed E-state index contributed by atoms with van der Waals surface area (Å²) in [5, 5.41) is 13.2. The molecule has 33 heavy (non-hydrogen) atoms. The molecule has 0 radical (unpaired) electrons. The highest BCUT2D eigenvalue weighted by Gasteiger charge is 2.18. The van der Waals surface area contributed by atoms with Gasteiger partial charge < -0.3 is 15.2 Å². The number of carbonyl (C=O) groups is 2. The van der Waals surface area contributed by atoms with Crippen LogP contribution in [0.2, 0.25) is 0 Å². The van der Waals surface area contributed by atoms with Gasteiger partial charge in [0.05, 0.1) is 23.6 Å². The Bertz CT molecular complexity index is 1310. The molecule has 0 aliphatic carbocycles. The number of hydrogen-bond acceptors (Lipinski definition) is 7. The lowest BCUT2D eigenvalue weighted by Gasteiger charge is -2.11. The second kappa shape index (κ2) is 9.30. The number of pyridine rings is 1. The van der Waals surface area contributed by atoms with Crippen LogP contribution in [0.1, 0.15) is 40.6 Å². The molecule has 11 heteroatoms. The van der Waals surface area contributed by atoms with E-state index in [4.69, 9.17) is 0 Å². The lowest BCUT2D eigenvalue weighted by atomic mass is 10.1. The van der Waals surface area contributed by atoms with Gasteiger partial charge in [0, 0.05) is 11.6 Å². The van der Waals surface area contributed by atoms with E-state index in [-0.39, 0.29) is 23.0 Å². The van der Waals surface area contributed by atoms with Crippen molar-refractivity contribution in [2.75, 3.05) is 10.6 Å². The van der Waals surface area contributed by atoms with Gasteiger partial charge in [-0.15, -0.1) is 10.2 Å². The number of aromatic nitrogens is 6. The van der Waals surface area contributed by atoms with E-state index in [0.717, 1.165) is 6.07 Å². The van der Waals surface area contributed by atoms with Gasteiger partial charge in [-0.2, -0.15) is 0 Å². The fourth-order valence-corrected chi connectivity index (χ4v) is 3.02. The molecule has 1 aromatic carbocycles. The van der Waals surface area contributed by atoms with Crippen LogP contribution in [0.3, 0.4) is 0 Å². The van der Waals surface area contributed by atoms with Crippen LogP contribution in [0, 0.1) is 5.82 Å². The number of hydrogen-bond donors (Lipinski definition) is 2. The van der Waals surface area contributed by atoms with Crippen LogP contribution in [0.5, 0.6) is 0 Å². The molecule has 0 saturated carbocycles. The zero-order chi connectivity index (χ0) is 23.4. The third-order valence-electron chi connectivity index (χ3n) is 4.64. The van der Waals surface area contributed by atoms with E-state index in [2.05, 4.69) is 35.8 Å². The van der Waals surface area contributed by atoms with Gasteiger partial charge in [-0.3, -0.25) is 9.59 Å². The molecule has 3 heterocycles. The number of nitrogens with zero attached hydrogens (tertiary/aromatic N) is 6. The van der Waals surface area contributed by atoms with Crippen molar-refractivity contribution in [3.63, 3.8) is 0 Å². The Labute approximate surface area is 188 Å². The highest BCUT2D eigenvalue weighted by Crippen LogP contribution is 2.20. The average molecular weight is 446 g/mol. The van der Waals surface area contributed by atoms with E-state index < -0.39 is 17.6 Å². The molecule has 166 valence electrons. The third kappa shape index (κ3) is 4.87. The number of anilines is 2. The summed E-state index contributed by atoms with van der Waals surface area (Å²) in [5.41, 5.74) is 0.660. The van der Waals surface area contributed by atoms with Gasteiger partial charge in [-0.25, -0.2) is 19.3 Å². The quantitative estimate of drug-likeness (QED) is 0.465. The van der Waals surface area contributed by atoms with Crippen molar-refractivity contribution < 1.29 is 14.0 Å². The van der Waals surface area contributed by atoms with Crippen molar-refractivity contribution in [1.82, 2.24) is 29.7 Å². The van der Waals surface area contributed by atoms with Crippen LogP contribution in [-0.4, -0.2) is 41.5 Å². The van der Waals surface area contributed by atoms with E-state index in [1.807, 2.05) is 18.4 Å². The number of carbonyl (C=O) groups excluding carboxylic acids is 2. The summed E-state index contributed by atoms with van der Waals surface area (Å²) >= 11 is 0. The number of rotatable bonds is 6. The first kappa shape index (κ1) is 21.7. The second-order valence-corrected chi connectivity index (χ2v) is 7.29. The SMILES string of the molecule is CC(C)n1cnnc1-c1cccc(NC(=O)c2cc(C(=O)Nc3cncnc3)ccc2F)n1. The zero-order valence-electron chi connectivity index (χ0n) is 17.7. The minimum Gasteiger partial charge on any atom is -0.319 e. The van der Waals surface area contributed by atoms with Gasteiger partial charge in [0.25, 0.3) is 11.8 Å². The number of nitrogens with one attached hydrogen (secondary N) is 2. The van der Waals surface area contributed by atoms with Crippen LogP contribution in [0.25, 0.3) is 11.5 Å². The molecular formula is C22H19FN8O2. The van der Waals surface area contributed by atoms with Gasteiger partial charge >= 0.3 is 0 Å². The zero-order valence-corrected chi connectivity index (χ0v) is 17.7. The first-order valence-electron chi connectivity index (χ1n) is 9.96. The molecule has 0 aliphatic heterocycles. The molecule has 3 aromatic heterocycles. The Morgan fingerprint density at radius 2 is 1.82 bits per heavy atom. The van der Waals surface area contributed by atoms with E-state index >= 15 is 0 Å². The second-order valence-electron chi connectivity index (χ2n) is 7.29. The molecule has 0 aliphatic rings. The fraction of sp³-hybridized carbons (Fsp3) is 0.136. The van der Waals surface area contributed by atoms with Crippen LogP contribution in [0.4, 0.5) is 15.9 Å². The Hall–Kier alpha value is -4.54. The summed E-state index contributed by atoms with van der Waals surface area (Å²) in [7, 11) is 0. The van der Waals surface area contributed by atoms with E-state index in [1.54, 1.807) is 24.5 Å². The van der Waals surface area contributed by atoms with Crippen molar-refractivity contribution >= 4 is 23.3 Å². The summed E-state index contributed by atoms with van der Waals surface area (Å²) in [6, 6.07) is 8.62. The van der Waals surface area contributed by atoms with Crippen molar-refractivity contribution in [3.05, 3.63) is 78.4 Å². The minimum atomic E-state index is -0.775. The normalized spacial score (nSPS) is 10.8. The maximum atomic E-state index is 14.4. The van der Waals surface area contributed by atoms with Crippen LogP contribution in [0.15, 0.2) is 61.4 Å². The number of amides is 2. The molecule has 2 N–H and O–H groups in total. The number of halogens is 1. The molecule has 4 rings (SSSR count). The maximum absolute atomic E-state index is 14.4. The Balaban J connectivity index is 1.55. The summed E-state index contributed by atoms with van der Waals surface area (Å²) in [4.78, 5) is 37.3. The smallest absolute Gasteiger partial charge is 0.259 e. The maximum Gasteiger partial charge on any atom is 0.259 e. The molecule has 0 spiro atoms. The molecule has 4 aromatic rings. The first-order chi connectivity index (χ1) is 15.9. The van der Waals surface area contributed by atoms with Crippen molar-refractivity contribution in [2.24, 2.45) is 0 Å². The Kier molecular flexibility index (Phi) is 6.11. The summed E-state index contributed by atoms with van der Waals surface area (Å²) in [6.07, 6.45) is 5.76. The Morgan fingerprint density at radius 1 is 1.03 bits per heavy atom. The van der Waals surface area contributed by atoms with Crippen LogP contribution < -0.4 is 10.6 Å². The van der Waals surface area contributed by atoms with Gasteiger partial charge in [-0.05, 0) is 44.2 Å². The standard InChI is InChI=1S/C22H19FN8O2/c1-13(2)31-12-26-30-20(31)18-4-3-5-19(28-18)29-22(33)16-8-14(6-7-17(16)23)21(32)27-15-9-24-11-25-10-15/h3-13H,1-2H3,(H,27,32)(H,28,29,33). The van der Waals surface area contributed by atoms with E-state index in [0.29, 0.717) is 17.2 Å². The predicted octanol–water partition coefficient (Wildman–Crippen LogP) is 3.35. The van der Waals surface area contributed by atoms with Crippen molar-refractivity contribution in [2.45, 2.75) is 19.9 Å². The molecule has 2 amide bonds. The molecular weight excluding hydrogens is 427 g/mol. The highest BCUT2D eigenvalue weighted by atomic mass is 19.1. The average Bonchev–Trinajstić information content (AvgIpc) is 3.31. The summed E-state index contributed by atoms with van der Waals surface area (Å²) in [5.74, 6) is -1.32. The Morgan fingerprint density at radius 3 is 2.58 bits per heavy atom. The molecule has 0 unspecified atom stereocenters. The van der Waals surface area contributed by atoms with Gasteiger partial charge in [0.15, 0.2) is 5.82 Å². The number of benzene rings is 1. The minimum absolute atomic E-state index is 0.0946. The van der Waals surface area contributed by atoms with E-state index in [1.165, 1.54) is 30.9 Å². The topological polar surface area (TPSA) is 128 Å². The molecule has 0 bridgehead atoms. The molecule has 0 saturated heterocycles. The molecule has 0 atom stereocenters. The van der Waals surface area contributed by atoms with Crippen LogP contribution in [-0.2, 0) is 0 Å². The lowest BCUT2D eigenvalue weighted by Crippen LogP contribution is -2.18. The van der Waals surface area contributed by atoms with Gasteiger partial charge in [-0.1, -0.05) is 6.07 Å². The largest absolute Gasteiger partial charge is 0.319 e. The van der Waals surface area contributed by atoms with Crippen molar-refractivity contribution in [3.8, 4) is 11.5 Å².